The van der Waals surface area contributed by atoms with E-state index in [1.807, 2.05) is 7.05 Å². The molecule has 2 aliphatic rings. The summed E-state index contributed by atoms with van der Waals surface area (Å²) in [5.41, 5.74) is 0.633. The van der Waals surface area contributed by atoms with E-state index in [4.69, 9.17) is 4.74 Å². The molecular weight excluding hydrogens is 358 g/mol. The van der Waals surface area contributed by atoms with E-state index in [9.17, 15) is 0 Å². The number of aryl methyl sites for hydroxylation is 1. The molecule has 1 saturated carbocycles. The number of morpholine rings is 1. The number of rotatable bonds is 1. The predicted octanol–water partition coefficient (Wildman–Crippen LogP) is 3.05. The minimum absolute atomic E-state index is 0.0340. The maximum Gasteiger partial charge on any atom is 0.164 e. The molecule has 0 N–H and O–H groups in total. The lowest BCUT2D eigenvalue weighted by Crippen LogP contribution is -2.59. The van der Waals surface area contributed by atoms with Crippen LogP contribution in [0.25, 0.3) is 11.0 Å². The third kappa shape index (κ3) is 2.54. The van der Waals surface area contributed by atoms with Crippen LogP contribution in [0.4, 0.5) is 5.82 Å². The average Bonchev–Trinajstić information content (AvgIpc) is 3.02. The van der Waals surface area contributed by atoms with E-state index in [2.05, 4.69) is 49.7 Å². The van der Waals surface area contributed by atoms with Crippen molar-refractivity contribution >= 4 is 32.8 Å². The van der Waals surface area contributed by atoms with Gasteiger partial charge in [0.05, 0.1) is 16.6 Å². The van der Waals surface area contributed by atoms with Gasteiger partial charge in [0, 0.05) is 20.1 Å². The van der Waals surface area contributed by atoms with Gasteiger partial charge in [-0.2, -0.15) is 5.10 Å². The maximum absolute atomic E-state index is 6.50. The lowest BCUT2D eigenvalue weighted by atomic mass is 9.94. The Bertz CT molecular complexity index is 750. The van der Waals surface area contributed by atoms with Gasteiger partial charge in [0.25, 0.3) is 0 Å². The second-order valence-corrected chi connectivity index (χ2v) is 8.17. The van der Waals surface area contributed by atoms with E-state index in [0.29, 0.717) is 0 Å². The molecule has 2 fully saturated rings. The molecule has 0 aromatic carbocycles. The molecule has 124 valence electrons. The van der Waals surface area contributed by atoms with Gasteiger partial charge in [-0.3, -0.25) is 0 Å². The molecule has 0 radical (unpaired) electrons. The number of aromatic nitrogens is 4. The molecule has 23 heavy (non-hydrogen) atoms. The summed E-state index contributed by atoms with van der Waals surface area (Å²) in [5.74, 6) is 0.956. The van der Waals surface area contributed by atoms with Crippen molar-refractivity contribution in [1.82, 2.24) is 19.7 Å². The van der Waals surface area contributed by atoms with E-state index in [1.54, 1.807) is 11.0 Å². The molecule has 0 bridgehead atoms. The van der Waals surface area contributed by atoms with Crippen molar-refractivity contribution in [2.24, 2.45) is 7.05 Å². The minimum atomic E-state index is -0.186. The Balaban J connectivity index is 1.80. The SMILES string of the molecule is Cn1nc(Br)c2c(N3CC(C)(C)OC4(CCCC4)C3)ncnc21. The van der Waals surface area contributed by atoms with Crippen molar-refractivity contribution in [1.29, 1.82) is 0 Å². The zero-order valence-electron chi connectivity index (χ0n) is 13.8. The van der Waals surface area contributed by atoms with Crippen LogP contribution in [0.2, 0.25) is 0 Å². The largest absolute Gasteiger partial charge is 0.365 e. The van der Waals surface area contributed by atoms with Crippen molar-refractivity contribution in [3.05, 3.63) is 10.9 Å². The Labute approximate surface area is 144 Å². The molecule has 7 heteroatoms. The summed E-state index contributed by atoms with van der Waals surface area (Å²) in [5, 5.41) is 5.43. The highest BCUT2D eigenvalue weighted by molar-refractivity contribution is 9.10. The van der Waals surface area contributed by atoms with E-state index in [-0.39, 0.29) is 11.2 Å². The van der Waals surface area contributed by atoms with E-state index < -0.39 is 0 Å². The highest BCUT2D eigenvalue weighted by Gasteiger charge is 2.46. The Morgan fingerprint density at radius 1 is 1.17 bits per heavy atom. The lowest BCUT2D eigenvalue weighted by Gasteiger charge is -2.49. The molecule has 0 amide bonds. The molecule has 1 aliphatic carbocycles. The standard InChI is InChI=1S/C16H22BrN5O/c1-15(2)8-22(9-16(23-15)6-4-5-7-16)14-11-12(17)20-21(3)13(11)18-10-19-14/h10H,4-9H2,1-3H3. The van der Waals surface area contributed by atoms with Crippen LogP contribution >= 0.6 is 15.9 Å². The van der Waals surface area contributed by atoms with E-state index >= 15 is 0 Å². The Hall–Kier alpha value is -1.21. The predicted molar refractivity (Wildman–Crippen MR) is 92.6 cm³/mol. The van der Waals surface area contributed by atoms with Crippen molar-refractivity contribution in [3.63, 3.8) is 0 Å². The van der Waals surface area contributed by atoms with Crippen molar-refractivity contribution in [2.75, 3.05) is 18.0 Å². The number of fused-ring (bicyclic) bond motifs is 1. The topological polar surface area (TPSA) is 56.1 Å². The number of ether oxygens (including phenoxy) is 1. The number of hydrogen-bond donors (Lipinski definition) is 0. The first-order valence-corrected chi connectivity index (χ1v) is 8.97. The molecule has 1 saturated heterocycles. The molecule has 0 atom stereocenters. The summed E-state index contributed by atoms with van der Waals surface area (Å²) >= 11 is 3.57. The van der Waals surface area contributed by atoms with E-state index in [0.717, 1.165) is 47.4 Å². The number of halogens is 1. The first-order valence-electron chi connectivity index (χ1n) is 8.18. The lowest BCUT2D eigenvalue weighted by molar-refractivity contribution is -0.148. The highest BCUT2D eigenvalue weighted by atomic mass is 79.9. The molecule has 4 rings (SSSR count). The van der Waals surface area contributed by atoms with Gasteiger partial charge in [0.2, 0.25) is 0 Å². The van der Waals surface area contributed by atoms with Gasteiger partial charge in [0.1, 0.15) is 16.7 Å². The fourth-order valence-electron chi connectivity index (χ4n) is 4.21. The summed E-state index contributed by atoms with van der Waals surface area (Å²) in [6.07, 6.45) is 6.40. The van der Waals surface area contributed by atoms with Gasteiger partial charge >= 0.3 is 0 Å². The van der Waals surface area contributed by atoms with Crippen molar-refractivity contribution in [3.8, 4) is 0 Å². The van der Waals surface area contributed by atoms with Crippen molar-refractivity contribution < 1.29 is 4.74 Å². The number of anilines is 1. The molecule has 3 heterocycles. The fourth-order valence-corrected chi connectivity index (χ4v) is 4.80. The molecular formula is C16H22BrN5O. The van der Waals surface area contributed by atoms with Gasteiger partial charge in [-0.1, -0.05) is 12.8 Å². The first kappa shape index (κ1) is 15.3. The Morgan fingerprint density at radius 2 is 1.91 bits per heavy atom. The summed E-state index contributed by atoms with van der Waals surface area (Å²) < 4.78 is 9.10. The van der Waals surface area contributed by atoms with Gasteiger partial charge in [-0.05, 0) is 42.6 Å². The second-order valence-electron chi connectivity index (χ2n) is 7.42. The van der Waals surface area contributed by atoms with Gasteiger partial charge in [-0.25, -0.2) is 14.6 Å². The second kappa shape index (κ2) is 5.14. The normalized spacial score (nSPS) is 23.0. The van der Waals surface area contributed by atoms with Gasteiger partial charge in [-0.15, -0.1) is 0 Å². The van der Waals surface area contributed by atoms with Crippen LogP contribution in [0.15, 0.2) is 10.9 Å². The van der Waals surface area contributed by atoms with E-state index in [1.165, 1.54) is 12.8 Å². The molecule has 2 aromatic rings. The highest BCUT2D eigenvalue weighted by Crippen LogP contribution is 2.42. The van der Waals surface area contributed by atoms with Crippen molar-refractivity contribution in [2.45, 2.75) is 50.7 Å². The van der Waals surface area contributed by atoms with Crippen LogP contribution in [0.3, 0.4) is 0 Å². The van der Waals surface area contributed by atoms with Crippen LogP contribution in [-0.2, 0) is 11.8 Å². The first-order chi connectivity index (χ1) is 10.9. The zero-order chi connectivity index (χ0) is 16.2. The summed E-state index contributed by atoms with van der Waals surface area (Å²) in [4.78, 5) is 11.4. The Morgan fingerprint density at radius 3 is 2.65 bits per heavy atom. The smallest absolute Gasteiger partial charge is 0.164 e. The molecule has 2 aromatic heterocycles. The van der Waals surface area contributed by atoms with Gasteiger partial charge in [0.15, 0.2) is 5.65 Å². The third-order valence-electron chi connectivity index (χ3n) is 4.92. The molecule has 0 unspecified atom stereocenters. The summed E-state index contributed by atoms with van der Waals surface area (Å²) in [6.45, 7) is 6.07. The van der Waals surface area contributed by atoms with Crippen LogP contribution in [0.1, 0.15) is 39.5 Å². The van der Waals surface area contributed by atoms with Crippen LogP contribution < -0.4 is 4.90 Å². The molecule has 6 nitrogen and oxygen atoms in total. The molecule has 1 aliphatic heterocycles. The molecule has 1 spiro atoms. The fraction of sp³-hybridized carbons (Fsp3) is 0.688. The number of hydrogen-bond acceptors (Lipinski definition) is 5. The van der Waals surface area contributed by atoms with Crippen LogP contribution in [-0.4, -0.2) is 44.0 Å². The van der Waals surface area contributed by atoms with Gasteiger partial charge < -0.3 is 9.64 Å². The van der Waals surface area contributed by atoms with Crippen LogP contribution in [0.5, 0.6) is 0 Å². The monoisotopic (exact) mass is 379 g/mol. The maximum atomic E-state index is 6.50. The summed E-state index contributed by atoms with van der Waals surface area (Å²) in [7, 11) is 1.91. The summed E-state index contributed by atoms with van der Waals surface area (Å²) in [6, 6.07) is 0. The average molecular weight is 380 g/mol. The van der Waals surface area contributed by atoms with Crippen LogP contribution in [0, 0.1) is 0 Å². The minimum Gasteiger partial charge on any atom is -0.365 e. The zero-order valence-corrected chi connectivity index (χ0v) is 15.4. The quantitative estimate of drug-likeness (QED) is 0.761. The third-order valence-corrected chi connectivity index (χ3v) is 5.47. The number of nitrogens with zero attached hydrogens (tertiary/aromatic N) is 5. The Kier molecular flexibility index (Phi) is 3.43.